The van der Waals surface area contributed by atoms with Gasteiger partial charge in [-0.1, -0.05) is 6.07 Å². The predicted octanol–water partition coefficient (Wildman–Crippen LogP) is 0.676. The molecule has 9 heteroatoms. The summed E-state index contributed by atoms with van der Waals surface area (Å²) in [6.07, 6.45) is -0.710. The number of carboxylic acids is 1. The van der Waals surface area contributed by atoms with E-state index in [4.69, 9.17) is 14.6 Å². The first-order chi connectivity index (χ1) is 11.0. The molecule has 0 radical (unpaired) electrons. The van der Waals surface area contributed by atoms with Crippen molar-refractivity contribution in [1.29, 1.82) is 0 Å². The number of hydrogen-bond donors (Lipinski definition) is 1. The van der Waals surface area contributed by atoms with Crippen LogP contribution in [0, 0.1) is 10.1 Å². The molecule has 2 rings (SSSR count). The highest BCUT2D eigenvalue weighted by Crippen LogP contribution is 2.19. The lowest BCUT2D eigenvalue weighted by molar-refractivity contribution is -0.384. The van der Waals surface area contributed by atoms with E-state index in [-0.39, 0.29) is 43.5 Å². The molecule has 0 saturated carbocycles. The van der Waals surface area contributed by atoms with Crippen LogP contribution in [0.2, 0.25) is 0 Å². The van der Waals surface area contributed by atoms with E-state index in [1.807, 2.05) is 0 Å². The van der Waals surface area contributed by atoms with E-state index in [9.17, 15) is 19.7 Å². The smallest absolute Gasteiger partial charge is 0.306 e. The molecular weight excluding hydrogens is 308 g/mol. The van der Waals surface area contributed by atoms with Crippen molar-refractivity contribution in [2.24, 2.45) is 0 Å². The van der Waals surface area contributed by atoms with Crippen molar-refractivity contribution < 1.29 is 29.1 Å². The lowest BCUT2D eigenvalue weighted by Crippen LogP contribution is -2.47. The molecule has 1 heterocycles. The standard InChI is InChI=1S/C14H16N2O7/c17-13(15-4-5-22-12(8-15)7-14(18)19)9-23-11-3-1-2-10(6-11)16(20)21/h1-3,6,12H,4-5,7-9H2,(H,18,19). The molecule has 1 aliphatic rings. The highest BCUT2D eigenvalue weighted by atomic mass is 16.6. The van der Waals surface area contributed by atoms with Crippen molar-refractivity contribution in [2.75, 3.05) is 26.3 Å². The van der Waals surface area contributed by atoms with Gasteiger partial charge in [-0.25, -0.2) is 0 Å². The first-order valence-electron chi connectivity index (χ1n) is 6.94. The van der Waals surface area contributed by atoms with Crippen LogP contribution in [0.3, 0.4) is 0 Å². The van der Waals surface area contributed by atoms with Gasteiger partial charge in [-0.3, -0.25) is 19.7 Å². The average molecular weight is 324 g/mol. The minimum atomic E-state index is -0.989. The van der Waals surface area contributed by atoms with Gasteiger partial charge < -0.3 is 19.5 Å². The number of hydrogen-bond acceptors (Lipinski definition) is 6. The Morgan fingerprint density at radius 2 is 2.26 bits per heavy atom. The summed E-state index contributed by atoms with van der Waals surface area (Å²) >= 11 is 0. The van der Waals surface area contributed by atoms with E-state index in [0.717, 1.165) is 0 Å². The molecule has 1 unspecified atom stereocenters. The summed E-state index contributed by atoms with van der Waals surface area (Å²) in [4.78, 5) is 34.4. The summed E-state index contributed by atoms with van der Waals surface area (Å²) in [5, 5.41) is 19.4. The predicted molar refractivity (Wildman–Crippen MR) is 77.2 cm³/mol. The minimum Gasteiger partial charge on any atom is -0.484 e. The Balaban J connectivity index is 1.88. The zero-order chi connectivity index (χ0) is 16.8. The summed E-state index contributed by atoms with van der Waals surface area (Å²) < 4.78 is 10.6. The van der Waals surface area contributed by atoms with Gasteiger partial charge in [-0.05, 0) is 6.07 Å². The van der Waals surface area contributed by atoms with Crippen molar-refractivity contribution in [2.45, 2.75) is 12.5 Å². The van der Waals surface area contributed by atoms with Gasteiger partial charge in [-0.15, -0.1) is 0 Å². The number of amides is 1. The molecule has 1 aromatic rings. The number of non-ortho nitro benzene ring substituents is 1. The number of morpholine rings is 1. The number of carboxylic acid groups (broad SMARTS) is 1. The average Bonchev–Trinajstić information content (AvgIpc) is 2.52. The molecule has 1 N–H and O–H groups in total. The Morgan fingerprint density at radius 3 is 2.96 bits per heavy atom. The summed E-state index contributed by atoms with van der Waals surface area (Å²) in [5.74, 6) is -1.09. The first kappa shape index (κ1) is 16.7. The van der Waals surface area contributed by atoms with E-state index in [0.29, 0.717) is 6.54 Å². The minimum absolute atomic E-state index is 0.122. The SMILES string of the molecule is O=C(O)CC1CN(C(=O)COc2cccc([N+](=O)[O-])c2)CCO1. The third-order valence-electron chi connectivity index (χ3n) is 3.28. The van der Waals surface area contributed by atoms with Crippen LogP contribution in [0.25, 0.3) is 0 Å². The fourth-order valence-corrected chi connectivity index (χ4v) is 2.19. The second kappa shape index (κ2) is 7.54. The fourth-order valence-electron chi connectivity index (χ4n) is 2.19. The van der Waals surface area contributed by atoms with Crippen LogP contribution < -0.4 is 4.74 Å². The first-order valence-corrected chi connectivity index (χ1v) is 6.94. The number of nitro groups is 1. The number of ether oxygens (including phenoxy) is 2. The molecular formula is C14H16N2O7. The molecule has 124 valence electrons. The zero-order valence-corrected chi connectivity index (χ0v) is 12.2. The van der Waals surface area contributed by atoms with Gasteiger partial charge >= 0.3 is 5.97 Å². The summed E-state index contributed by atoms with van der Waals surface area (Å²) in [7, 11) is 0. The number of carbonyl (C=O) groups is 2. The van der Waals surface area contributed by atoms with Crippen molar-refractivity contribution in [1.82, 2.24) is 4.90 Å². The van der Waals surface area contributed by atoms with Crippen molar-refractivity contribution in [3.8, 4) is 5.75 Å². The van der Waals surface area contributed by atoms with Gasteiger partial charge in [0, 0.05) is 19.2 Å². The molecule has 1 aliphatic heterocycles. The van der Waals surface area contributed by atoms with Crippen LogP contribution >= 0.6 is 0 Å². The van der Waals surface area contributed by atoms with E-state index >= 15 is 0 Å². The maximum absolute atomic E-state index is 12.1. The van der Waals surface area contributed by atoms with Crippen molar-refractivity contribution >= 4 is 17.6 Å². The molecule has 0 aromatic heterocycles. The zero-order valence-electron chi connectivity index (χ0n) is 12.2. The van der Waals surface area contributed by atoms with Gasteiger partial charge in [0.25, 0.3) is 11.6 Å². The van der Waals surface area contributed by atoms with Crippen LogP contribution in [0.1, 0.15) is 6.42 Å². The Morgan fingerprint density at radius 1 is 1.48 bits per heavy atom. The molecule has 1 fully saturated rings. The van der Waals surface area contributed by atoms with Gasteiger partial charge in [0.1, 0.15) is 5.75 Å². The van der Waals surface area contributed by atoms with Crippen LogP contribution in [-0.4, -0.2) is 59.2 Å². The van der Waals surface area contributed by atoms with Gasteiger partial charge in [0.05, 0.1) is 30.1 Å². The topological polar surface area (TPSA) is 119 Å². The third-order valence-corrected chi connectivity index (χ3v) is 3.28. The number of aliphatic carboxylic acids is 1. The monoisotopic (exact) mass is 324 g/mol. The van der Waals surface area contributed by atoms with Gasteiger partial charge in [0.15, 0.2) is 6.61 Å². The quantitative estimate of drug-likeness (QED) is 0.603. The van der Waals surface area contributed by atoms with E-state index in [2.05, 4.69) is 0 Å². The second-order valence-electron chi connectivity index (χ2n) is 4.97. The third kappa shape index (κ3) is 4.92. The molecule has 1 amide bonds. The van der Waals surface area contributed by atoms with Gasteiger partial charge in [-0.2, -0.15) is 0 Å². The van der Waals surface area contributed by atoms with Crippen LogP contribution in [0.5, 0.6) is 5.75 Å². The van der Waals surface area contributed by atoms with Crippen molar-refractivity contribution in [3.63, 3.8) is 0 Å². The molecule has 23 heavy (non-hydrogen) atoms. The highest BCUT2D eigenvalue weighted by molar-refractivity contribution is 5.78. The van der Waals surface area contributed by atoms with Gasteiger partial charge in [0.2, 0.25) is 0 Å². The molecule has 1 aromatic carbocycles. The highest BCUT2D eigenvalue weighted by Gasteiger charge is 2.26. The maximum atomic E-state index is 12.1. The number of nitrogens with zero attached hydrogens (tertiary/aromatic N) is 2. The summed E-state index contributed by atoms with van der Waals surface area (Å²) in [6.45, 7) is 0.526. The Bertz CT molecular complexity index is 605. The molecule has 0 spiro atoms. The Kier molecular flexibility index (Phi) is 5.47. The maximum Gasteiger partial charge on any atom is 0.306 e. The summed E-state index contributed by atoms with van der Waals surface area (Å²) in [6, 6.07) is 5.55. The fraction of sp³-hybridized carbons (Fsp3) is 0.429. The van der Waals surface area contributed by atoms with Crippen molar-refractivity contribution in [3.05, 3.63) is 34.4 Å². The number of carbonyl (C=O) groups excluding carboxylic acids is 1. The normalized spacial score (nSPS) is 17.6. The largest absolute Gasteiger partial charge is 0.484 e. The number of benzene rings is 1. The second-order valence-corrected chi connectivity index (χ2v) is 4.97. The molecule has 1 atom stereocenters. The van der Waals surface area contributed by atoms with Crippen LogP contribution in [-0.2, 0) is 14.3 Å². The Labute approximate surface area is 131 Å². The van der Waals surface area contributed by atoms with E-state index in [1.165, 1.54) is 29.2 Å². The molecule has 0 bridgehead atoms. The molecule has 9 nitrogen and oxygen atoms in total. The van der Waals surface area contributed by atoms with Crippen LogP contribution in [0.4, 0.5) is 5.69 Å². The lowest BCUT2D eigenvalue weighted by atomic mass is 10.2. The van der Waals surface area contributed by atoms with Crippen LogP contribution in [0.15, 0.2) is 24.3 Å². The molecule has 1 saturated heterocycles. The Hall–Kier alpha value is -2.68. The number of rotatable bonds is 6. The lowest BCUT2D eigenvalue weighted by Gasteiger charge is -2.32. The summed E-state index contributed by atoms with van der Waals surface area (Å²) in [5.41, 5.74) is -0.122. The van der Waals surface area contributed by atoms with E-state index < -0.39 is 17.0 Å². The number of nitro benzene ring substituents is 1. The molecule has 0 aliphatic carbocycles. The van der Waals surface area contributed by atoms with E-state index in [1.54, 1.807) is 0 Å².